The van der Waals surface area contributed by atoms with Crippen LogP contribution >= 0.6 is 11.3 Å². The first-order valence-electron chi connectivity index (χ1n) is 10.5. The normalized spacial score (nSPS) is 18.5. The molecule has 1 aliphatic heterocycles. The van der Waals surface area contributed by atoms with E-state index >= 15 is 0 Å². The molecule has 2 amide bonds. The van der Waals surface area contributed by atoms with Gasteiger partial charge < -0.3 is 19.7 Å². The molecule has 160 valence electrons. The minimum absolute atomic E-state index is 0.0146. The van der Waals surface area contributed by atoms with Crippen LogP contribution in [0.4, 0.5) is 5.69 Å². The molecule has 30 heavy (non-hydrogen) atoms. The van der Waals surface area contributed by atoms with Gasteiger partial charge in [0.1, 0.15) is 11.5 Å². The number of likely N-dealkylation sites (tertiary alicyclic amines) is 1. The zero-order valence-electron chi connectivity index (χ0n) is 17.5. The Morgan fingerprint density at radius 1 is 1.10 bits per heavy atom. The van der Waals surface area contributed by atoms with Gasteiger partial charge in [-0.05, 0) is 62.3 Å². The van der Waals surface area contributed by atoms with E-state index in [2.05, 4.69) is 5.32 Å². The molecule has 7 heteroatoms. The highest BCUT2D eigenvalue weighted by atomic mass is 32.1. The monoisotopic (exact) mass is 428 g/mol. The molecule has 1 fully saturated rings. The summed E-state index contributed by atoms with van der Waals surface area (Å²) in [6.45, 7) is 1.71. The second-order valence-corrected chi connectivity index (χ2v) is 9.04. The van der Waals surface area contributed by atoms with Crippen LogP contribution in [0.3, 0.4) is 0 Å². The first kappa shape index (κ1) is 20.7. The number of hydrogen-bond acceptors (Lipinski definition) is 5. The first-order valence-corrected chi connectivity index (χ1v) is 11.3. The fourth-order valence-corrected chi connectivity index (χ4v) is 5.42. The zero-order chi connectivity index (χ0) is 21.1. The average molecular weight is 429 g/mol. The lowest BCUT2D eigenvalue weighted by molar-refractivity contribution is -0.120. The van der Waals surface area contributed by atoms with Gasteiger partial charge in [-0.15, -0.1) is 11.3 Å². The first-order chi connectivity index (χ1) is 14.6. The van der Waals surface area contributed by atoms with Gasteiger partial charge in [-0.25, -0.2) is 0 Å². The summed E-state index contributed by atoms with van der Waals surface area (Å²) in [7, 11) is 3.17. The van der Waals surface area contributed by atoms with Crippen molar-refractivity contribution in [1.29, 1.82) is 0 Å². The number of nitrogens with zero attached hydrogens (tertiary/aromatic N) is 1. The van der Waals surface area contributed by atoms with Crippen LogP contribution in [0.1, 0.15) is 45.8 Å². The van der Waals surface area contributed by atoms with Crippen LogP contribution in [0.5, 0.6) is 11.5 Å². The van der Waals surface area contributed by atoms with Crippen molar-refractivity contribution in [2.45, 2.75) is 38.5 Å². The third kappa shape index (κ3) is 4.31. The van der Waals surface area contributed by atoms with Crippen molar-refractivity contribution in [3.63, 3.8) is 0 Å². The fourth-order valence-electron chi connectivity index (χ4n) is 4.24. The minimum Gasteiger partial charge on any atom is -0.497 e. The highest BCUT2D eigenvalue weighted by Gasteiger charge is 2.29. The number of carbonyl (C=O) groups is 2. The van der Waals surface area contributed by atoms with E-state index < -0.39 is 0 Å². The van der Waals surface area contributed by atoms with Gasteiger partial charge in [0.15, 0.2) is 0 Å². The third-order valence-electron chi connectivity index (χ3n) is 5.97. The largest absolute Gasteiger partial charge is 0.497 e. The fraction of sp³-hybridized carbons (Fsp3) is 0.478. The lowest BCUT2D eigenvalue weighted by atomic mass is 9.87. The highest BCUT2D eigenvalue weighted by Crippen LogP contribution is 2.35. The van der Waals surface area contributed by atoms with Crippen LogP contribution < -0.4 is 14.8 Å². The molecule has 1 atom stereocenters. The van der Waals surface area contributed by atoms with E-state index in [1.165, 1.54) is 11.3 Å². The standard InChI is InChI=1S/C23H28N2O4S/c1-28-17-7-8-18(19(14-17)29-2)24-22(26)15-6-9-20-16(12-15)13-21(30-20)23(27)25-10-4-3-5-11-25/h7-8,13-15H,3-6,9-12H2,1-2H3,(H,24,26). The van der Waals surface area contributed by atoms with Gasteiger partial charge in [0.2, 0.25) is 5.91 Å². The molecule has 0 spiro atoms. The predicted molar refractivity (Wildman–Crippen MR) is 118 cm³/mol. The number of piperidine rings is 1. The molecule has 1 aromatic carbocycles. The molecule has 1 N–H and O–H groups in total. The van der Waals surface area contributed by atoms with Gasteiger partial charge in [0, 0.05) is 30.0 Å². The Hall–Kier alpha value is -2.54. The van der Waals surface area contributed by atoms with Crippen molar-refractivity contribution in [1.82, 2.24) is 4.90 Å². The number of aryl methyl sites for hydroxylation is 1. The molecular weight excluding hydrogens is 400 g/mol. The molecule has 2 aromatic rings. The summed E-state index contributed by atoms with van der Waals surface area (Å²) in [5.74, 6) is 1.27. The molecule has 0 radical (unpaired) electrons. The molecule has 1 aliphatic carbocycles. The number of fused-ring (bicyclic) bond motifs is 1. The topological polar surface area (TPSA) is 67.9 Å². The Balaban J connectivity index is 1.43. The van der Waals surface area contributed by atoms with E-state index in [1.807, 2.05) is 11.0 Å². The average Bonchev–Trinajstić information content (AvgIpc) is 3.22. The smallest absolute Gasteiger partial charge is 0.263 e. The van der Waals surface area contributed by atoms with Gasteiger partial charge in [-0.1, -0.05) is 0 Å². The Bertz CT molecular complexity index is 933. The highest BCUT2D eigenvalue weighted by molar-refractivity contribution is 7.14. The van der Waals surface area contributed by atoms with Gasteiger partial charge in [-0.2, -0.15) is 0 Å². The van der Waals surface area contributed by atoms with Gasteiger partial charge in [0.25, 0.3) is 5.91 Å². The summed E-state index contributed by atoms with van der Waals surface area (Å²) in [6.07, 6.45) is 5.69. The van der Waals surface area contributed by atoms with Crippen molar-refractivity contribution in [2.24, 2.45) is 5.92 Å². The number of amides is 2. The van der Waals surface area contributed by atoms with Crippen molar-refractivity contribution in [3.05, 3.63) is 39.6 Å². The van der Waals surface area contributed by atoms with E-state index in [9.17, 15) is 9.59 Å². The maximum absolute atomic E-state index is 12.9. The number of carbonyl (C=O) groups excluding carboxylic acids is 2. The van der Waals surface area contributed by atoms with Crippen LogP contribution in [0.25, 0.3) is 0 Å². The lowest BCUT2D eigenvalue weighted by Gasteiger charge is -2.26. The Morgan fingerprint density at radius 2 is 1.90 bits per heavy atom. The summed E-state index contributed by atoms with van der Waals surface area (Å²) in [5, 5.41) is 3.00. The van der Waals surface area contributed by atoms with Crippen LogP contribution in [0, 0.1) is 5.92 Å². The summed E-state index contributed by atoms with van der Waals surface area (Å²) in [4.78, 5) is 29.8. The van der Waals surface area contributed by atoms with Gasteiger partial charge in [0.05, 0.1) is 24.8 Å². The van der Waals surface area contributed by atoms with E-state index in [0.29, 0.717) is 23.6 Å². The number of methoxy groups -OCH3 is 2. The van der Waals surface area contributed by atoms with Crippen molar-refractivity contribution >= 4 is 28.8 Å². The lowest BCUT2D eigenvalue weighted by Crippen LogP contribution is -2.35. The molecule has 0 saturated carbocycles. The quantitative estimate of drug-likeness (QED) is 0.777. The third-order valence-corrected chi connectivity index (χ3v) is 7.20. The summed E-state index contributed by atoms with van der Waals surface area (Å²) in [6, 6.07) is 7.37. The van der Waals surface area contributed by atoms with Crippen molar-refractivity contribution < 1.29 is 19.1 Å². The number of nitrogens with one attached hydrogen (secondary N) is 1. The van der Waals surface area contributed by atoms with E-state index in [0.717, 1.165) is 49.2 Å². The maximum Gasteiger partial charge on any atom is 0.263 e. The molecular formula is C23H28N2O4S. The molecule has 6 nitrogen and oxygen atoms in total. The number of benzene rings is 1. The number of ether oxygens (including phenoxy) is 2. The second kappa shape index (κ2) is 9.08. The zero-order valence-corrected chi connectivity index (χ0v) is 18.3. The number of hydrogen-bond donors (Lipinski definition) is 1. The molecule has 1 aromatic heterocycles. The van der Waals surface area contributed by atoms with E-state index in [1.54, 1.807) is 43.8 Å². The van der Waals surface area contributed by atoms with E-state index in [4.69, 9.17) is 9.47 Å². The predicted octanol–water partition coefficient (Wildman–Crippen LogP) is 4.14. The van der Waals surface area contributed by atoms with Crippen LogP contribution in [-0.4, -0.2) is 44.0 Å². The Morgan fingerprint density at radius 3 is 2.63 bits per heavy atom. The number of rotatable bonds is 5. The molecule has 2 aliphatic rings. The van der Waals surface area contributed by atoms with E-state index in [-0.39, 0.29) is 17.7 Å². The maximum atomic E-state index is 12.9. The summed E-state index contributed by atoms with van der Waals surface area (Å²) in [5.41, 5.74) is 1.79. The number of thiophene rings is 1. The van der Waals surface area contributed by atoms with Crippen LogP contribution in [-0.2, 0) is 17.6 Å². The van der Waals surface area contributed by atoms with Crippen molar-refractivity contribution in [2.75, 3.05) is 32.6 Å². The molecule has 4 rings (SSSR count). The Kier molecular flexibility index (Phi) is 6.27. The Labute approximate surface area is 181 Å². The van der Waals surface area contributed by atoms with Crippen LogP contribution in [0.15, 0.2) is 24.3 Å². The van der Waals surface area contributed by atoms with Gasteiger partial charge >= 0.3 is 0 Å². The molecule has 1 saturated heterocycles. The summed E-state index contributed by atoms with van der Waals surface area (Å²) < 4.78 is 10.6. The SMILES string of the molecule is COc1ccc(NC(=O)C2CCc3sc(C(=O)N4CCCCC4)cc3C2)c(OC)c1. The van der Waals surface area contributed by atoms with Crippen LogP contribution in [0.2, 0.25) is 0 Å². The van der Waals surface area contributed by atoms with Gasteiger partial charge in [-0.3, -0.25) is 9.59 Å². The molecule has 0 bridgehead atoms. The molecule has 1 unspecified atom stereocenters. The van der Waals surface area contributed by atoms with Crippen molar-refractivity contribution in [3.8, 4) is 11.5 Å². The summed E-state index contributed by atoms with van der Waals surface area (Å²) >= 11 is 1.61. The minimum atomic E-state index is -0.114. The number of anilines is 1. The molecule has 2 heterocycles. The second-order valence-electron chi connectivity index (χ2n) is 7.91.